The first-order chi connectivity index (χ1) is 13.9. The second kappa shape index (κ2) is 9.46. The summed E-state index contributed by atoms with van der Waals surface area (Å²) < 4.78 is 30.3. The topological polar surface area (TPSA) is 73.1 Å². The van der Waals surface area contributed by atoms with E-state index in [1.54, 1.807) is 28.8 Å². The van der Waals surface area contributed by atoms with Gasteiger partial charge in [0, 0.05) is 13.6 Å². The molecule has 0 saturated carbocycles. The maximum Gasteiger partial charge on any atom is 0.387 e. The lowest BCUT2D eigenvalue weighted by Gasteiger charge is -2.17. The van der Waals surface area contributed by atoms with E-state index in [1.165, 1.54) is 23.9 Å². The predicted octanol–water partition coefficient (Wildman–Crippen LogP) is 3.32. The van der Waals surface area contributed by atoms with Crippen molar-refractivity contribution in [2.24, 2.45) is 0 Å². The second-order valence-corrected chi connectivity index (χ2v) is 7.21. The summed E-state index contributed by atoms with van der Waals surface area (Å²) in [5, 5.41) is 12.2. The quantitative estimate of drug-likeness (QED) is 0.522. The molecule has 0 saturated heterocycles. The number of rotatable bonds is 8. The van der Waals surface area contributed by atoms with Gasteiger partial charge in [-0.05, 0) is 47.2 Å². The van der Waals surface area contributed by atoms with Gasteiger partial charge in [-0.2, -0.15) is 13.5 Å². The Labute approximate surface area is 170 Å². The number of carbonyl (C=O) groups is 1. The van der Waals surface area contributed by atoms with Gasteiger partial charge in [-0.3, -0.25) is 4.79 Å². The van der Waals surface area contributed by atoms with E-state index in [2.05, 4.69) is 20.3 Å². The molecule has 3 rings (SSSR count). The number of thioether (sulfide) groups is 1. The Hall–Kier alpha value is -3.01. The summed E-state index contributed by atoms with van der Waals surface area (Å²) in [5.74, 6) is 0.132. The van der Waals surface area contributed by atoms with Crippen molar-refractivity contribution in [2.75, 3.05) is 12.8 Å². The van der Waals surface area contributed by atoms with E-state index in [-0.39, 0.29) is 17.4 Å². The maximum absolute atomic E-state index is 12.5. The highest BCUT2D eigenvalue weighted by Gasteiger charge is 2.15. The molecule has 152 valence electrons. The maximum atomic E-state index is 12.5. The summed E-state index contributed by atoms with van der Waals surface area (Å²) in [5.41, 5.74) is 2.74. The molecule has 7 nitrogen and oxygen atoms in total. The van der Waals surface area contributed by atoms with E-state index >= 15 is 0 Å². The standard InChI is InChI=1S/C19H19F2N5O2S/c1-13-3-7-15(8-4-13)26-19(22-23-24-26)29-12-17(27)25(2)11-14-5-9-16(10-6-14)28-18(20)21/h3-10,18H,11-12H2,1-2H3. The fourth-order valence-corrected chi connectivity index (χ4v) is 3.32. The molecule has 1 amide bonds. The van der Waals surface area contributed by atoms with Crippen LogP contribution in [0.4, 0.5) is 8.78 Å². The number of carbonyl (C=O) groups excluding carboxylic acids is 1. The van der Waals surface area contributed by atoms with Crippen molar-refractivity contribution in [3.8, 4) is 11.4 Å². The summed E-state index contributed by atoms with van der Waals surface area (Å²) in [4.78, 5) is 14.0. The molecule has 0 aliphatic carbocycles. The minimum absolute atomic E-state index is 0.0798. The van der Waals surface area contributed by atoms with Crippen LogP contribution in [0, 0.1) is 6.92 Å². The van der Waals surface area contributed by atoms with Gasteiger partial charge in [0.15, 0.2) is 0 Å². The van der Waals surface area contributed by atoms with Gasteiger partial charge >= 0.3 is 6.61 Å². The highest BCUT2D eigenvalue weighted by Crippen LogP contribution is 2.20. The third kappa shape index (κ3) is 5.74. The first-order valence-corrected chi connectivity index (χ1v) is 9.67. The van der Waals surface area contributed by atoms with Crippen molar-refractivity contribution in [1.29, 1.82) is 0 Å². The van der Waals surface area contributed by atoms with Crippen LogP contribution in [-0.4, -0.2) is 50.4 Å². The van der Waals surface area contributed by atoms with Crippen LogP contribution in [0.5, 0.6) is 5.75 Å². The van der Waals surface area contributed by atoms with Crippen LogP contribution >= 0.6 is 11.8 Å². The van der Waals surface area contributed by atoms with E-state index in [9.17, 15) is 13.6 Å². The number of amides is 1. The molecule has 0 bridgehead atoms. The number of hydrogen-bond acceptors (Lipinski definition) is 6. The number of aryl methyl sites for hydroxylation is 1. The number of halogens is 2. The molecule has 0 aliphatic heterocycles. The summed E-state index contributed by atoms with van der Waals surface area (Å²) in [7, 11) is 1.68. The number of tetrazole rings is 1. The first-order valence-electron chi connectivity index (χ1n) is 8.68. The van der Waals surface area contributed by atoms with Gasteiger partial charge in [-0.25, -0.2) is 0 Å². The van der Waals surface area contributed by atoms with Gasteiger partial charge in [0.1, 0.15) is 5.75 Å². The zero-order chi connectivity index (χ0) is 20.8. The van der Waals surface area contributed by atoms with Crippen molar-refractivity contribution in [3.05, 3.63) is 59.7 Å². The third-order valence-corrected chi connectivity index (χ3v) is 4.94. The Morgan fingerprint density at radius 1 is 1.17 bits per heavy atom. The molecule has 0 N–H and O–H groups in total. The van der Waals surface area contributed by atoms with Crippen LogP contribution in [0.2, 0.25) is 0 Å². The van der Waals surface area contributed by atoms with E-state index in [0.29, 0.717) is 11.7 Å². The lowest BCUT2D eigenvalue weighted by Crippen LogP contribution is -2.27. The highest BCUT2D eigenvalue weighted by molar-refractivity contribution is 7.99. The minimum atomic E-state index is -2.86. The summed E-state index contributed by atoms with van der Waals surface area (Å²) in [6.45, 7) is -0.525. The predicted molar refractivity (Wildman–Crippen MR) is 104 cm³/mol. The molecule has 0 unspecified atom stereocenters. The van der Waals surface area contributed by atoms with E-state index in [4.69, 9.17) is 0 Å². The third-order valence-electron chi connectivity index (χ3n) is 4.04. The van der Waals surface area contributed by atoms with Crippen LogP contribution in [-0.2, 0) is 11.3 Å². The fraction of sp³-hybridized carbons (Fsp3) is 0.263. The Morgan fingerprint density at radius 3 is 2.52 bits per heavy atom. The average molecular weight is 419 g/mol. The van der Waals surface area contributed by atoms with Crippen LogP contribution in [0.3, 0.4) is 0 Å². The molecular formula is C19H19F2N5O2S. The summed E-state index contributed by atoms with van der Waals surface area (Å²) in [6.07, 6.45) is 0. The number of nitrogens with zero attached hydrogens (tertiary/aromatic N) is 5. The Balaban J connectivity index is 1.56. The monoisotopic (exact) mass is 419 g/mol. The molecule has 1 heterocycles. The normalized spacial score (nSPS) is 10.9. The average Bonchev–Trinajstić information content (AvgIpc) is 3.16. The molecule has 0 aliphatic rings. The molecule has 1 aromatic heterocycles. The van der Waals surface area contributed by atoms with Crippen LogP contribution < -0.4 is 4.74 Å². The molecule has 10 heteroatoms. The molecule has 0 radical (unpaired) electrons. The minimum Gasteiger partial charge on any atom is -0.435 e. The molecule has 0 atom stereocenters. The molecule has 0 spiro atoms. The lowest BCUT2D eigenvalue weighted by atomic mass is 10.2. The van der Waals surface area contributed by atoms with Crippen molar-refractivity contribution in [2.45, 2.75) is 25.2 Å². The Kier molecular flexibility index (Phi) is 6.76. The Bertz CT molecular complexity index is 948. The smallest absolute Gasteiger partial charge is 0.387 e. The highest BCUT2D eigenvalue weighted by atomic mass is 32.2. The molecule has 29 heavy (non-hydrogen) atoms. The zero-order valence-corrected chi connectivity index (χ0v) is 16.6. The molecule has 3 aromatic rings. The zero-order valence-electron chi connectivity index (χ0n) is 15.8. The van der Waals surface area contributed by atoms with Gasteiger partial charge in [0.25, 0.3) is 0 Å². The van der Waals surface area contributed by atoms with Crippen LogP contribution in [0.15, 0.2) is 53.7 Å². The number of aromatic nitrogens is 4. The van der Waals surface area contributed by atoms with Gasteiger partial charge < -0.3 is 9.64 Å². The van der Waals surface area contributed by atoms with Gasteiger partial charge in [0.05, 0.1) is 11.4 Å². The van der Waals surface area contributed by atoms with Crippen LogP contribution in [0.1, 0.15) is 11.1 Å². The molecule has 0 fully saturated rings. The van der Waals surface area contributed by atoms with Crippen molar-refractivity contribution >= 4 is 17.7 Å². The second-order valence-electron chi connectivity index (χ2n) is 6.27. The lowest BCUT2D eigenvalue weighted by molar-refractivity contribution is -0.127. The Morgan fingerprint density at radius 2 is 1.86 bits per heavy atom. The van der Waals surface area contributed by atoms with Gasteiger partial charge in [-0.1, -0.05) is 41.6 Å². The van der Waals surface area contributed by atoms with Crippen molar-refractivity contribution in [3.63, 3.8) is 0 Å². The summed E-state index contributed by atoms with van der Waals surface area (Å²) >= 11 is 1.24. The van der Waals surface area contributed by atoms with Gasteiger partial charge in [0.2, 0.25) is 11.1 Å². The van der Waals surface area contributed by atoms with Crippen LogP contribution in [0.25, 0.3) is 5.69 Å². The number of alkyl halides is 2. The fourth-order valence-electron chi connectivity index (χ4n) is 2.49. The van der Waals surface area contributed by atoms with Crippen molar-refractivity contribution in [1.82, 2.24) is 25.1 Å². The number of benzene rings is 2. The van der Waals surface area contributed by atoms with E-state index in [0.717, 1.165) is 16.8 Å². The van der Waals surface area contributed by atoms with Gasteiger partial charge in [-0.15, -0.1) is 5.10 Å². The molecular weight excluding hydrogens is 400 g/mol. The summed E-state index contributed by atoms with van der Waals surface area (Å²) in [6, 6.07) is 13.9. The largest absolute Gasteiger partial charge is 0.435 e. The number of hydrogen-bond donors (Lipinski definition) is 0. The van der Waals surface area contributed by atoms with Crippen molar-refractivity contribution < 1.29 is 18.3 Å². The first kappa shape index (κ1) is 20.7. The number of ether oxygens (including phenoxy) is 1. The van der Waals surface area contributed by atoms with E-state index in [1.807, 2.05) is 31.2 Å². The van der Waals surface area contributed by atoms with E-state index < -0.39 is 6.61 Å². The molecule has 2 aromatic carbocycles. The SMILES string of the molecule is Cc1ccc(-n2nnnc2SCC(=O)N(C)Cc2ccc(OC(F)F)cc2)cc1.